The van der Waals surface area contributed by atoms with Crippen LogP contribution in [0, 0.1) is 0 Å². The molecule has 0 aliphatic carbocycles. The highest BCUT2D eigenvalue weighted by atomic mass is 35.5. The Morgan fingerprint density at radius 2 is 2.05 bits per heavy atom. The Bertz CT molecular complexity index is 586. The zero-order valence-electron chi connectivity index (χ0n) is 11.4. The maximum Gasteiger partial charge on any atom is 0.405 e. The fraction of sp³-hybridized carbons (Fsp3) is 0.727. The lowest BCUT2D eigenvalue weighted by Crippen LogP contribution is -2.26. The van der Waals surface area contributed by atoms with Gasteiger partial charge in [0.25, 0.3) is 0 Å². The van der Waals surface area contributed by atoms with Gasteiger partial charge in [0.1, 0.15) is 17.3 Å². The summed E-state index contributed by atoms with van der Waals surface area (Å²) in [6, 6.07) is 0. The van der Waals surface area contributed by atoms with Crippen molar-refractivity contribution in [1.82, 2.24) is 9.55 Å². The van der Waals surface area contributed by atoms with E-state index in [0.717, 1.165) is 6.20 Å². The molecule has 0 bridgehead atoms. The molecule has 2 atom stereocenters. The van der Waals surface area contributed by atoms with Crippen molar-refractivity contribution in [2.24, 2.45) is 7.05 Å². The van der Waals surface area contributed by atoms with Gasteiger partial charge in [0.2, 0.25) is 0 Å². The smallest absolute Gasteiger partial charge is 0.384 e. The fourth-order valence-corrected chi connectivity index (χ4v) is 2.72. The van der Waals surface area contributed by atoms with E-state index in [1.165, 1.54) is 18.5 Å². The Morgan fingerprint density at radius 1 is 1.48 bits per heavy atom. The second-order valence-electron chi connectivity index (χ2n) is 4.59. The second kappa shape index (κ2) is 6.53. The van der Waals surface area contributed by atoms with Gasteiger partial charge in [-0.1, -0.05) is 6.92 Å². The van der Waals surface area contributed by atoms with Crippen molar-refractivity contribution in [1.29, 1.82) is 0 Å². The molecule has 2 unspecified atom stereocenters. The molecule has 0 radical (unpaired) electrons. The van der Waals surface area contributed by atoms with E-state index in [0.29, 0.717) is 0 Å². The van der Waals surface area contributed by atoms with Crippen LogP contribution in [0.25, 0.3) is 0 Å². The van der Waals surface area contributed by atoms with Crippen LogP contribution in [0.1, 0.15) is 24.5 Å². The van der Waals surface area contributed by atoms with Gasteiger partial charge in [-0.05, 0) is 0 Å². The first-order chi connectivity index (χ1) is 9.48. The summed E-state index contributed by atoms with van der Waals surface area (Å²) in [5.41, 5.74) is 0.162. The van der Waals surface area contributed by atoms with Crippen molar-refractivity contribution in [3.05, 3.63) is 17.7 Å². The van der Waals surface area contributed by atoms with Crippen LogP contribution >= 0.6 is 11.6 Å². The Balaban J connectivity index is 2.90. The average molecular weight is 349 g/mol. The van der Waals surface area contributed by atoms with Gasteiger partial charge in [-0.2, -0.15) is 13.2 Å². The SMILES string of the molecule is CCS(=O)(=O)CC(O)c1ncc(CC(Cl)C(F)(F)F)n1C. The summed E-state index contributed by atoms with van der Waals surface area (Å²) in [5.74, 6) is -0.677. The molecule has 0 aromatic carbocycles. The molecule has 1 N–H and O–H groups in total. The van der Waals surface area contributed by atoms with E-state index in [-0.39, 0.29) is 17.3 Å². The third kappa shape index (κ3) is 4.86. The van der Waals surface area contributed by atoms with Crippen LogP contribution in [0.4, 0.5) is 13.2 Å². The van der Waals surface area contributed by atoms with E-state index in [1.54, 1.807) is 0 Å². The van der Waals surface area contributed by atoms with Crippen molar-refractivity contribution in [3.63, 3.8) is 0 Å². The van der Waals surface area contributed by atoms with Gasteiger partial charge in [-0.25, -0.2) is 13.4 Å². The molecule has 1 aromatic heterocycles. The van der Waals surface area contributed by atoms with Gasteiger partial charge in [0.15, 0.2) is 9.84 Å². The molecular formula is C11H16ClF3N2O3S. The molecule has 10 heteroatoms. The first-order valence-electron chi connectivity index (χ1n) is 6.07. The maximum atomic E-state index is 12.4. The number of aliphatic hydroxyl groups is 1. The van der Waals surface area contributed by atoms with E-state index < -0.39 is 39.7 Å². The predicted molar refractivity (Wildman–Crippen MR) is 71.9 cm³/mol. The third-order valence-corrected chi connectivity index (χ3v) is 5.12. The summed E-state index contributed by atoms with van der Waals surface area (Å²) in [7, 11) is -2.03. The first kappa shape index (κ1) is 18.2. The summed E-state index contributed by atoms with van der Waals surface area (Å²) in [4.78, 5) is 3.79. The Morgan fingerprint density at radius 3 is 2.52 bits per heavy atom. The molecule has 5 nitrogen and oxygen atoms in total. The highest BCUT2D eigenvalue weighted by molar-refractivity contribution is 7.91. The van der Waals surface area contributed by atoms with Gasteiger partial charge >= 0.3 is 6.18 Å². The number of alkyl halides is 4. The van der Waals surface area contributed by atoms with Crippen LogP contribution in [-0.2, 0) is 23.3 Å². The number of rotatable bonds is 6. The van der Waals surface area contributed by atoms with Gasteiger partial charge in [0, 0.05) is 31.1 Å². The number of aliphatic hydroxyl groups excluding tert-OH is 1. The lowest BCUT2D eigenvalue weighted by atomic mass is 10.2. The molecular weight excluding hydrogens is 333 g/mol. The summed E-state index contributed by atoms with van der Waals surface area (Å²) in [6.07, 6.45) is -5.30. The maximum absolute atomic E-state index is 12.4. The molecule has 0 saturated heterocycles. The average Bonchev–Trinajstić information content (AvgIpc) is 2.69. The number of sulfone groups is 1. The number of imidazole rings is 1. The zero-order valence-corrected chi connectivity index (χ0v) is 13.0. The van der Waals surface area contributed by atoms with E-state index >= 15 is 0 Å². The Labute approximate surface area is 125 Å². The molecule has 122 valence electrons. The number of hydrogen-bond acceptors (Lipinski definition) is 4. The highest BCUT2D eigenvalue weighted by Gasteiger charge is 2.38. The number of halogens is 4. The second-order valence-corrected chi connectivity index (χ2v) is 7.52. The van der Waals surface area contributed by atoms with Crippen LogP contribution in [-0.4, -0.2) is 46.1 Å². The molecule has 1 rings (SSSR count). The third-order valence-electron chi connectivity index (χ3n) is 3.01. The fourth-order valence-electron chi connectivity index (χ4n) is 1.69. The topological polar surface area (TPSA) is 72.2 Å². The summed E-state index contributed by atoms with van der Waals surface area (Å²) >= 11 is 5.26. The van der Waals surface area contributed by atoms with Gasteiger partial charge in [-0.15, -0.1) is 11.6 Å². The normalized spacial score (nSPS) is 16.0. The van der Waals surface area contributed by atoms with E-state index in [9.17, 15) is 26.7 Å². The monoisotopic (exact) mass is 348 g/mol. The van der Waals surface area contributed by atoms with Crippen LogP contribution in [0.15, 0.2) is 6.20 Å². The number of nitrogens with zero attached hydrogens (tertiary/aromatic N) is 2. The molecule has 1 heterocycles. The van der Waals surface area contributed by atoms with Crippen molar-refractivity contribution >= 4 is 21.4 Å². The van der Waals surface area contributed by atoms with E-state index in [4.69, 9.17) is 11.6 Å². The summed E-state index contributed by atoms with van der Waals surface area (Å²) in [5, 5.41) is 7.79. The zero-order chi connectivity index (χ0) is 16.4. The standard InChI is InChI=1S/C11H16ClF3N2O3S/c1-3-21(19,20)6-8(18)10-16-5-7(17(10)2)4-9(12)11(13,14)15/h5,8-9,18H,3-4,6H2,1-2H3. The van der Waals surface area contributed by atoms with E-state index in [1.807, 2.05) is 0 Å². The Kier molecular flexibility index (Phi) is 5.68. The van der Waals surface area contributed by atoms with E-state index in [2.05, 4.69) is 4.98 Å². The van der Waals surface area contributed by atoms with Crippen molar-refractivity contribution in [2.45, 2.75) is 31.0 Å². The minimum Gasteiger partial charge on any atom is -0.384 e. The van der Waals surface area contributed by atoms with Crippen LogP contribution in [0.2, 0.25) is 0 Å². The first-order valence-corrected chi connectivity index (χ1v) is 8.33. The summed E-state index contributed by atoms with van der Waals surface area (Å²) < 4.78 is 61.3. The van der Waals surface area contributed by atoms with Gasteiger partial charge < -0.3 is 9.67 Å². The van der Waals surface area contributed by atoms with Crippen molar-refractivity contribution < 1.29 is 26.7 Å². The summed E-state index contributed by atoms with van der Waals surface area (Å²) in [6.45, 7) is 1.44. The number of aromatic nitrogens is 2. The van der Waals surface area contributed by atoms with Crippen molar-refractivity contribution in [2.75, 3.05) is 11.5 Å². The predicted octanol–water partition coefficient (Wildman–Crippen LogP) is 1.60. The highest BCUT2D eigenvalue weighted by Crippen LogP contribution is 2.28. The molecule has 1 aromatic rings. The number of hydrogen-bond donors (Lipinski definition) is 1. The molecule has 0 aliphatic rings. The van der Waals surface area contributed by atoms with Crippen LogP contribution in [0.3, 0.4) is 0 Å². The lowest BCUT2D eigenvalue weighted by Gasteiger charge is -2.15. The molecule has 0 fully saturated rings. The van der Waals surface area contributed by atoms with Crippen LogP contribution < -0.4 is 0 Å². The molecule has 0 aliphatic heterocycles. The molecule has 0 spiro atoms. The van der Waals surface area contributed by atoms with Crippen LogP contribution in [0.5, 0.6) is 0 Å². The molecule has 0 amide bonds. The minimum atomic E-state index is -4.55. The quantitative estimate of drug-likeness (QED) is 0.793. The van der Waals surface area contributed by atoms with Gasteiger partial charge in [-0.3, -0.25) is 0 Å². The Hall–Kier alpha value is -0.800. The van der Waals surface area contributed by atoms with Gasteiger partial charge in [0.05, 0.1) is 5.75 Å². The lowest BCUT2D eigenvalue weighted by molar-refractivity contribution is -0.130. The molecule has 21 heavy (non-hydrogen) atoms. The minimum absolute atomic E-state index is 0.00642. The molecule has 0 saturated carbocycles. The largest absolute Gasteiger partial charge is 0.405 e. The van der Waals surface area contributed by atoms with Crippen molar-refractivity contribution in [3.8, 4) is 0 Å².